The number of hydrogen-bond donors (Lipinski definition) is 2. The minimum atomic E-state index is -0.962. The average molecular weight is 220 g/mol. The van der Waals surface area contributed by atoms with Crippen LogP contribution in [0, 0.1) is 0 Å². The zero-order valence-corrected chi connectivity index (χ0v) is 9.31. The molecule has 1 amide bonds. The lowest BCUT2D eigenvalue weighted by atomic mass is 9.80. The largest absolute Gasteiger partial charge is 0.465 e. The maximum atomic E-state index is 10.5. The van der Waals surface area contributed by atoms with E-state index in [0.29, 0.717) is 12.5 Å². The maximum Gasteiger partial charge on any atom is 0.404 e. The minimum Gasteiger partial charge on any atom is -0.465 e. The van der Waals surface area contributed by atoms with Crippen LogP contribution >= 0.6 is 0 Å². The molecule has 4 nitrogen and oxygen atoms in total. The molecule has 1 heterocycles. The van der Waals surface area contributed by atoms with Crippen molar-refractivity contribution in [2.75, 3.05) is 6.54 Å². The number of nitrogens with zero attached hydrogens (tertiary/aromatic N) is 1. The molecule has 2 rings (SSSR count). The van der Waals surface area contributed by atoms with Crippen LogP contribution in [0.3, 0.4) is 0 Å². The summed E-state index contributed by atoms with van der Waals surface area (Å²) in [6.45, 7) is 2.66. The van der Waals surface area contributed by atoms with Gasteiger partial charge in [-0.1, -0.05) is 13.0 Å². The van der Waals surface area contributed by atoms with Gasteiger partial charge in [-0.15, -0.1) is 0 Å². The zero-order chi connectivity index (χ0) is 11.5. The average Bonchev–Trinajstić information content (AvgIpc) is 2.28. The van der Waals surface area contributed by atoms with Gasteiger partial charge < -0.3 is 10.4 Å². The van der Waals surface area contributed by atoms with Crippen LogP contribution in [0.15, 0.2) is 18.3 Å². The Morgan fingerprint density at radius 2 is 2.44 bits per heavy atom. The Morgan fingerprint density at radius 1 is 1.62 bits per heavy atom. The summed E-state index contributed by atoms with van der Waals surface area (Å²) in [5, 5.41) is 11.1. The molecule has 0 unspecified atom stereocenters. The second-order valence-electron chi connectivity index (χ2n) is 4.34. The highest BCUT2D eigenvalue weighted by Gasteiger charge is 2.25. The molecule has 0 saturated heterocycles. The second kappa shape index (κ2) is 4.51. The van der Waals surface area contributed by atoms with Crippen LogP contribution in [-0.4, -0.2) is 22.7 Å². The standard InChI is InChI=1S/C12H16N2O2/c1-8-4-5-9(7-14-12(15)16)11-10(8)3-2-6-13-11/h2-3,6,8-9,14H,4-5,7H2,1H3,(H,15,16)/t8-,9+/m1/s1. The molecule has 1 aliphatic carbocycles. The fourth-order valence-corrected chi connectivity index (χ4v) is 2.34. The molecule has 86 valence electrons. The van der Waals surface area contributed by atoms with Crippen molar-refractivity contribution in [3.63, 3.8) is 0 Å². The van der Waals surface area contributed by atoms with Gasteiger partial charge in [0.15, 0.2) is 0 Å². The van der Waals surface area contributed by atoms with Gasteiger partial charge in [0.1, 0.15) is 0 Å². The first-order valence-electron chi connectivity index (χ1n) is 5.60. The van der Waals surface area contributed by atoms with Crippen molar-refractivity contribution in [2.24, 2.45) is 0 Å². The first-order valence-corrected chi connectivity index (χ1v) is 5.60. The molecule has 1 aromatic heterocycles. The highest BCUT2D eigenvalue weighted by Crippen LogP contribution is 2.36. The van der Waals surface area contributed by atoms with Gasteiger partial charge in [0.25, 0.3) is 0 Å². The lowest BCUT2D eigenvalue weighted by molar-refractivity contribution is 0.193. The molecule has 0 radical (unpaired) electrons. The Bertz CT molecular complexity index is 392. The third-order valence-corrected chi connectivity index (χ3v) is 3.24. The Labute approximate surface area is 94.7 Å². The molecule has 4 heteroatoms. The summed E-state index contributed by atoms with van der Waals surface area (Å²) in [6.07, 6.45) is 2.93. The summed E-state index contributed by atoms with van der Waals surface area (Å²) in [6, 6.07) is 4.04. The van der Waals surface area contributed by atoms with Crippen molar-refractivity contribution in [1.82, 2.24) is 10.3 Å². The summed E-state index contributed by atoms with van der Waals surface area (Å²) in [7, 11) is 0. The lowest BCUT2D eigenvalue weighted by Gasteiger charge is -2.28. The van der Waals surface area contributed by atoms with Gasteiger partial charge in [-0.05, 0) is 30.4 Å². The molecule has 0 fully saturated rings. The second-order valence-corrected chi connectivity index (χ2v) is 4.34. The summed E-state index contributed by atoms with van der Waals surface area (Å²) >= 11 is 0. The van der Waals surface area contributed by atoms with E-state index in [1.54, 1.807) is 6.20 Å². The van der Waals surface area contributed by atoms with Crippen LogP contribution in [0.1, 0.15) is 42.9 Å². The van der Waals surface area contributed by atoms with E-state index >= 15 is 0 Å². The molecule has 0 aromatic carbocycles. The van der Waals surface area contributed by atoms with Gasteiger partial charge in [0, 0.05) is 24.4 Å². The molecule has 1 aliphatic rings. The first-order chi connectivity index (χ1) is 7.68. The number of carbonyl (C=O) groups is 1. The number of nitrogens with one attached hydrogen (secondary N) is 1. The number of rotatable bonds is 2. The Hall–Kier alpha value is -1.58. The van der Waals surface area contributed by atoms with E-state index in [1.807, 2.05) is 6.07 Å². The monoisotopic (exact) mass is 220 g/mol. The van der Waals surface area contributed by atoms with Gasteiger partial charge >= 0.3 is 6.09 Å². The van der Waals surface area contributed by atoms with E-state index in [2.05, 4.69) is 23.3 Å². The summed E-state index contributed by atoms with van der Waals surface area (Å²) in [5.41, 5.74) is 2.33. The SMILES string of the molecule is C[C@@H]1CC[C@@H](CNC(=O)O)c2ncccc21. The summed E-state index contributed by atoms with van der Waals surface area (Å²) in [5.74, 6) is 0.758. The van der Waals surface area contributed by atoms with Gasteiger partial charge in [0.05, 0.1) is 0 Å². The number of pyridine rings is 1. The van der Waals surface area contributed by atoms with Crippen molar-refractivity contribution >= 4 is 6.09 Å². The fourth-order valence-electron chi connectivity index (χ4n) is 2.34. The van der Waals surface area contributed by atoms with Gasteiger partial charge in [-0.25, -0.2) is 4.79 Å². The number of hydrogen-bond acceptors (Lipinski definition) is 2. The quantitative estimate of drug-likeness (QED) is 0.804. The van der Waals surface area contributed by atoms with Gasteiger partial charge in [0.2, 0.25) is 0 Å². The molecular weight excluding hydrogens is 204 g/mol. The highest BCUT2D eigenvalue weighted by molar-refractivity contribution is 5.64. The molecule has 0 bridgehead atoms. The van der Waals surface area contributed by atoms with Gasteiger partial charge in [-0.2, -0.15) is 0 Å². The van der Waals surface area contributed by atoms with Crippen LogP contribution in [0.2, 0.25) is 0 Å². The van der Waals surface area contributed by atoms with Crippen molar-refractivity contribution in [3.05, 3.63) is 29.6 Å². The van der Waals surface area contributed by atoms with E-state index in [4.69, 9.17) is 5.11 Å². The number of aromatic nitrogens is 1. The Kier molecular flexibility index (Phi) is 3.08. The van der Waals surface area contributed by atoms with Crippen LogP contribution in [0.25, 0.3) is 0 Å². The molecule has 2 N–H and O–H groups in total. The van der Waals surface area contributed by atoms with E-state index < -0.39 is 6.09 Å². The number of fused-ring (bicyclic) bond motifs is 1. The third-order valence-electron chi connectivity index (χ3n) is 3.24. The minimum absolute atomic E-state index is 0.225. The molecule has 0 spiro atoms. The first kappa shape index (κ1) is 10.9. The third kappa shape index (κ3) is 2.15. The predicted molar refractivity (Wildman–Crippen MR) is 60.7 cm³/mol. The van der Waals surface area contributed by atoms with E-state index in [9.17, 15) is 4.79 Å². The molecule has 1 aromatic rings. The van der Waals surface area contributed by atoms with Crippen molar-refractivity contribution in [3.8, 4) is 0 Å². The van der Waals surface area contributed by atoms with Crippen molar-refractivity contribution in [1.29, 1.82) is 0 Å². The van der Waals surface area contributed by atoms with Gasteiger partial charge in [-0.3, -0.25) is 4.98 Å². The van der Waals surface area contributed by atoms with Crippen LogP contribution in [-0.2, 0) is 0 Å². The van der Waals surface area contributed by atoms with Crippen LogP contribution in [0.5, 0.6) is 0 Å². The number of carboxylic acid groups (broad SMARTS) is 1. The molecular formula is C12H16N2O2. The highest BCUT2D eigenvalue weighted by atomic mass is 16.4. The van der Waals surface area contributed by atoms with E-state index in [0.717, 1.165) is 18.5 Å². The Balaban J connectivity index is 2.18. The molecule has 2 atom stereocenters. The molecule has 16 heavy (non-hydrogen) atoms. The zero-order valence-electron chi connectivity index (χ0n) is 9.31. The predicted octanol–water partition coefficient (Wildman–Crippen LogP) is 2.33. The lowest BCUT2D eigenvalue weighted by Crippen LogP contribution is -2.29. The van der Waals surface area contributed by atoms with E-state index in [1.165, 1.54) is 5.56 Å². The Morgan fingerprint density at radius 3 is 3.19 bits per heavy atom. The maximum absolute atomic E-state index is 10.5. The summed E-state index contributed by atoms with van der Waals surface area (Å²) < 4.78 is 0. The number of amides is 1. The van der Waals surface area contributed by atoms with E-state index in [-0.39, 0.29) is 5.92 Å². The van der Waals surface area contributed by atoms with Crippen molar-refractivity contribution < 1.29 is 9.90 Å². The summed E-state index contributed by atoms with van der Waals surface area (Å²) in [4.78, 5) is 14.9. The van der Waals surface area contributed by atoms with Crippen molar-refractivity contribution in [2.45, 2.75) is 31.6 Å². The molecule has 0 aliphatic heterocycles. The topological polar surface area (TPSA) is 62.2 Å². The smallest absolute Gasteiger partial charge is 0.404 e. The van der Waals surface area contributed by atoms with Crippen LogP contribution in [0.4, 0.5) is 4.79 Å². The molecule has 0 saturated carbocycles. The van der Waals surface area contributed by atoms with Crippen LogP contribution < -0.4 is 5.32 Å². The fraction of sp³-hybridized carbons (Fsp3) is 0.500. The normalized spacial score (nSPS) is 23.6.